The van der Waals surface area contributed by atoms with E-state index >= 15 is 0 Å². The highest BCUT2D eigenvalue weighted by Crippen LogP contribution is 2.35. The average Bonchev–Trinajstić information content (AvgIpc) is 3.91. The minimum absolute atomic E-state index is 0.0481. The molecule has 3 aromatic carbocycles. The van der Waals surface area contributed by atoms with Crippen molar-refractivity contribution in [2.75, 3.05) is 31.6 Å². The molecule has 5 rings (SSSR count). The summed E-state index contributed by atoms with van der Waals surface area (Å²) >= 11 is 0. The van der Waals surface area contributed by atoms with E-state index in [0.29, 0.717) is 48.9 Å². The van der Waals surface area contributed by atoms with E-state index in [2.05, 4.69) is 20.7 Å². The van der Waals surface area contributed by atoms with Crippen LogP contribution in [-0.2, 0) is 45.5 Å². The molecule has 65 heavy (non-hydrogen) atoms. The Hall–Kier alpha value is -5.26. The first-order chi connectivity index (χ1) is 31.1. The number of unbranched alkanes of at least 4 members (excludes halogenated alkanes) is 6. The predicted molar refractivity (Wildman–Crippen MR) is 247 cm³/mol. The summed E-state index contributed by atoms with van der Waals surface area (Å²) in [6, 6.07) is 20.9. The van der Waals surface area contributed by atoms with Crippen molar-refractivity contribution in [2.24, 2.45) is 11.8 Å². The van der Waals surface area contributed by atoms with Gasteiger partial charge < -0.3 is 16.0 Å². The van der Waals surface area contributed by atoms with Crippen LogP contribution in [0.15, 0.2) is 89.8 Å². The van der Waals surface area contributed by atoms with Crippen molar-refractivity contribution in [3.05, 3.63) is 102 Å². The molecule has 3 aromatic rings. The number of hydrogen-bond donors (Lipinski definition) is 4. The van der Waals surface area contributed by atoms with Crippen LogP contribution in [0.3, 0.4) is 0 Å². The molecule has 1 aliphatic carbocycles. The fourth-order valence-electron chi connectivity index (χ4n) is 8.62. The number of carbonyl (C=O) groups is 6. The molecule has 0 saturated heterocycles. The predicted octanol–water partition coefficient (Wildman–Crippen LogP) is 4.91. The number of fused-ring (bicyclic) bond motifs is 1. The van der Waals surface area contributed by atoms with Crippen LogP contribution in [0.1, 0.15) is 116 Å². The van der Waals surface area contributed by atoms with Gasteiger partial charge in [0.05, 0.1) is 28.0 Å². The Balaban J connectivity index is 1.19. The molecule has 2 aliphatic rings. The smallest absolute Gasteiger partial charge is 0.289 e. The highest BCUT2D eigenvalue weighted by Gasteiger charge is 2.36. The molecule has 1 aliphatic heterocycles. The summed E-state index contributed by atoms with van der Waals surface area (Å²) in [6.45, 7) is 0.161. The van der Waals surface area contributed by atoms with Crippen molar-refractivity contribution >= 4 is 55.2 Å². The maximum Gasteiger partial charge on any atom is 0.289 e. The van der Waals surface area contributed by atoms with Crippen LogP contribution in [0.25, 0.3) is 0 Å². The molecule has 0 radical (unpaired) electrons. The lowest BCUT2D eigenvalue weighted by Gasteiger charge is -2.27. The van der Waals surface area contributed by atoms with Gasteiger partial charge >= 0.3 is 0 Å². The van der Waals surface area contributed by atoms with Gasteiger partial charge in [0.25, 0.3) is 17.7 Å². The summed E-state index contributed by atoms with van der Waals surface area (Å²) in [7, 11) is -7.19. The van der Waals surface area contributed by atoms with Gasteiger partial charge in [-0.05, 0) is 80.7 Å². The lowest BCUT2D eigenvalue weighted by Crippen LogP contribution is -2.55. The van der Waals surface area contributed by atoms with E-state index in [9.17, 15) is 45.6 Å². The highest BCUT2D eigenvalue weighted by atomic mass is 32.2. The molecule has 0 aromatic heterocycles. The van der Waals surface area contributed by atoms with E-state index in [0.717, 1.165) is 64.0 Å². The van der Waals surface area contributed by atoms with Crippen LogP contribution in [0.2, 0.25) is 0 Å². The molecule has 4 N–H and O–H groups in total. The molecule has 1 fully saturated rings. The van der Waals surface area contributed by atoms with Gasteiger partial charge in [0.2, 0.25) is 27.6 Å². The normalized spacial score (nSPS) is 15.6. The van der Waals surface area contributed by atoms with E-state index in [1.165, 1.54) is 17.0 Å². The molecule has 17 heteroatoms. The van der Waals surface area contributed by atoms with Crippen LogP contribution < -0.4 is 20.7 Å². The van der Waals surface area contributed by atoms with Gasteiger partial charge in [-0.2, -0.15) is 0 Å². The molecule has 5 amide bonds. The molecule has 3 atom stereocenters. The molecular formula is C48H63N5O10S2. The van der Waals surface area contributed by atoms with E-state index < -0.39 is 55.3 Å². The Morgan fingerprint density at radius 2 is 1.20 bits per heavy atom. The quantitative estimate of drug-likeness (QED) is 0.0438. The van der Waals surface area contributed by atoms with Crippen molar-refractivity contribution < 1.29 is 45.6 Å². The number of rotatable bonds is 28. The van der Waals surface area contributed by atoms with E-state index in [4.69, 9.17) is 0 Å². The number of hydrogen-bond acceptors (Lipinski definition) is 10. The number of benzene rings is 3. The largest absolute Gasteiger partial charge is 0.348 e. The zero-order chi connectivity index (χ0) is 46.8. The Morgan fingerprint density at radius 1 is 0.646 bits per heavy atom. The van der Waals surface area contributed by atoms with Crippen molar-refractivity contribution in [3.63, 3.8) is 0 Å². The molecule has 15 nitrogen and oxygen atoms in total. The van der Waals surface area contributed by atoms with Gasteiger partial charge in [0, 0.05) is 32.0 Å². The Bertz CT molecular complexity index is 2290. The molecule has 1 heterocycles. The molecular weight excluding hydrogens is 871 g/mol. The molecule has 352 valence electrons. The van der Waals surface area contributed by atoms with Crippen molar-refractivity contribution in [2.45, 2.75) is 113 Å². The third kappa shape index (κ3) is 15.7. The maximum absolute atomic E-state index is 14.2. The van der Waals surface area contributed by atoms with Crippen LogP contribution in [0.4, 0.5) is 0 Å². The van der Waals surface area contributed by atoms with Gasteiger partial charge in [-0.1, -0.05) is 106 Å². The summed E-state index contributed by atoms with van der Waals surface area (Å²) in [6.07, 6.45) is 11.3. The van der Waals surface area contributed by atoms with Gasteiger partial charge in [-0.3, -0.25) is 33.7 Å². The van der Waals surface area contributed by atoms with Crippen LogP contribution in [0, 0.1) is 11.8 Å². The van der Waals surface area contributed by atoms with E-state index in [1.807, 2.05) is 0 Å². The summed E-state index contributed by atoms with van der Waals surface area (Å²) in [5, 5.41) is 8.11. The third-order valence-corrected chi connectivity index (χ3v) is 14.6. The number of sulfonamides is 1. The van der Waals surface area contributed by atoms with Crippen molar-refractivity contribution in [3.8, 4) is 0 Å². The monoisotopic (exact) mass is 933 g/mol. The number of nitrogens with one attached hydrogen (secondary N) is 4. The fourth-order valence-corrected chi connectivity index (χ4v) is 10.3. The molecule has 1 saturated carbocycles. The lowest BCUT2D eigenvalue weighted by atomic mass is 9.85. The average molecular weight is 934 g/mol. The maximum atomic E-state index is 14.2. The number of Topliss-reactive ketones (excluding diaryl/α,β-unsaturated/α-hetero) is 1. The number of ketones is 1. The summed E-state index contributed by atoms with van der Waals surface area (Å²) in [5.41, 5.74) is 1.55. The summed E-state index contributed by atoms with van der Waals surface area (Å²) in [4.78, 5) is 82.2. The van der Waals surface area contributed by atoms with Crippen molar-refractivity contribution in [1.29, 1.82) is 0 Å². The second-order valence-corrected chi connectivity index (χ2v) is 21.0. The number of imide groups is 1. The molecule has 0 bridgehead atoms. The lowest BCUT2D eigenvalue weighted by molar-refractivity contribution is -0.140. The summed E-state index contributed by atoms with van der Waals surface area (Å²) < 4.78 is 51.4. The van der Waals surface area contributed by atoms with Gasteiger partial charge in [-0.25, -0.2) is 21.6 Å². The van der Waals surface area contributed by atoms with Gasteiger partial charge in [-0.15, -0.1) is 0 Å². The third-order valence-electron chi connectivity index (χ3n) is 12.1. The number of carbonyl (C=O) groups excluding carboxylic acids is 6. The highest BCUT2D eigenvalue weighted by molar-refractivity contribution is 7.91. The molecule has 0 spiro atoms. The van der Waals surface area contributed by atoms with Crippen LogP contribution in [0.5, 0.6) is 0 Å². The first-order valence-electron chi connectivity index (χ1n) is 22.8. The van der Waals surface area contributed by atoms with Crippen LogP contribution >= 0.6 is 0 Å². The van der Waals surface area contributed by atoms with Crippen molar-refractivity contribution in [1.82, 2.24) is 25.6 Å². The minimum Gasteiger partial charge on any atom is -0.348 e. The Morgan fingerprint density at radius 3 is 1.83 bits per heavy atom. The van der Waals surface area contributed by atoms with Gasteiger partial charge in [0.1, 0.15) is 12.1 Å². The zero-order valence-corrected chi connectivity index (χ0v) is 38.8. The number of nitrogens with zero attached hydrogens (tertiary/aromatic N) is 1. The first kappa shape index (κ1) is 50.7. The Labute approximate surface area is 383 Å². The van der Waals surface area contributed by atoms with Crippen LogP contribution in [-0.4, -0.2) is 101 Å². The second kappa shape index (κ2) is 24.9. The Kier molecular flexibility index (Phi) is 19.4. The SMILES string of the molecule is CS(=O)(=O)NCCCC[C@H](NC(=O)[C@@H](CCCCCCCCN1C(=O)c2ccccc2C1=O)C1CCCC1)C(=O)N[C@@H](Cc1ccccc1)C(=O)C(=O)NCCS(=O)(=O)c1ccccc1. The van der Waals surface area contributed by atoms with Gasteiger partial charge in [0.15, 0.2) is 9.84 Å². The second-order valence-electron chi connectivity index (χ2n) is 17.1. The zero-order valence-electron chi connectivity index (χ0n) is 37.2. The van der Waals surface area contributed by atoms with E-state index in [1.54, 1.807) is 72.8 Å². The number of amides is 5. The first-order valence-corrected chi connectivity index (χ1v) is 26.3. The minimum atomic E-state index is -3.75. The number of sulfone groups is 1. The fraction of sp³-hybridized carbons (Fsp3) is 0.500. The molecule has 0 unspecified atom stereocenters. The topological polar surface area (TPSA) is 222 Å². The van der Waals surface area contributed by atoms with E-state index in [-0.39, 0.29) is 60.4 Å². The summed E-state index contributed by atoms with van der Waals surface area (Å²) in [5.74, 6) is -4.14. The standard InChI is InChI=1S/C48H63N5O10S2/c1-64(60,61)50-30-18-17-29-41(45(56)52-42(34-35-20-8-6-9-21-35)43(54)46(57)49-31-33-65(62,63)37-24-10-7-11-25-37)51-44(55)38(36-22-13-14-23-36)26-12-4-2-3-5-19-32-53-47(58)39-27-15-16-28-40(39)48(53)59/h6-11,15-16,20-21,24-25,27-28,36,38,41-42,50H,2-5,12-14,17-19,22-23,26,29-34H2,1H3,(H,49,57)(H,51,55)(H,52,56)/t38-,41-,42-/m0/s1.